The smallest absolute Gasteiger partial charge is 0.266 e. The van der Waals surface area contributed by atoms with Crippen LogP contribution in [0.5, 0.6) is 17.2 Å². The Morgan fingerprint density at radius 1 is 1.30 bits per heavy atom. The maximum atomic E-state index is 12.5. The van der Waals surface area contributed by atoms with Crippen LogP contribution in [0.2, 0.25) is 0 Å². The van der Waals surface area contributed by atoms with Gasteiger partial charge in [-0.1, -0.05) is 18.2 Å². The van der Waals surface area contributed by atoms with Crippen molar-refractivity contribution in [3.63, 3.8) is 0 Å². The highest BCUT2D eigenvalue weighted by molar-refractivity contribution is 7.15. The Morgan fingerprint density at radius 2 is 2.10 bits per heavy atom. The SMILES string of the molecule is Cc1nc(NC(=O)C(C)Oc2ccccc2C#N)sc1Cc1ccc2c(c1)OCO2. The molecule has 0 bridgehead atoms. The van der Waals surface area contributed by atoms with Gasteiger partial charge >= 0.3 is 0 Å². The molecule has 7 nitrogen and oxygen atoms in total. The predicted molar refractivity (Wildman–Crippen MR) is 112 cm³/mol. The fraction of sp³-hybridized carbons (Fsp3) is 0.227. The summed E-state index contributed by atoms with van der Waals surface area (Å²) in [4.78, 5) is 18.1. The van der Waals surface area contributed by atoms with Gasteiger partial charge in [-0.05, 0) is 43.7 Å². The minimum atomic E-state index is -0.777. The summed E-state index contributed by atoms with van der Waals surface area (Å²) in [7, 11) is 0. The maximum Gasteiger partial charge on any atom is 0.266 e. The van der Waals surface area contributed by atoms with Gasteiger partial charge in [0.2, 0.25) is 6.79 Å². The minimum Gasteiger partial charge on any atom is -0.480 e. The zero-order valence-corrected chi connectivity index (χ0v) is 17.3. The number of nitriles is 1. The topological polar surface area (TPSA) is 93.5 Å². The summed E-state index contributed by atoms with van der Waals surface area (Å²) >= 11 is 1.42. The van der Waals surface area contributed by atoms with E-state index in [9.17, 15) is 4.79 Å². The third-order valence-electron chi connectivity index (χ3n) is 4.60. The first kappa shape index (κ1) is 19.7. The molecule has 0 saturated carbocycles. The number of nitrogens with one attached hydrogen (secondary N) is 1. The van der Waals surface area contributed by atoms with E-state index in [-0.39, 0.29) is 12.7 Å². The first-order valence-corrected chi connectivity index (χ1v) is 10.2. The molecule has 152 valence electrons. The van der Waals surface area contributed by atoms with Crippen molar-refractivity contribution in [1.29, 1.82) is 5.26 Å². The van der Waals surface area contributed by atoms with E-state index in [1.54, 1.807) is 31.2 Å². The number of rotatable bonds is 6. The average molecular weight is 421 g/mol. The monoisotopic (exact) mass is 421 g/mol. The van der Waals surface area contributed by atoms with Gasteiger partial charge < -0.3 is 14.2 Å². The number of para-hydroxylation sites is 1. The number of fused-ring (bicyclic) bond motifs is 1. The van der Waals surface area contributed by atoms with Crippen LogP contribution in [-0.4, -0.2) is 23.8 Å². The van der Waals surface area contributed by atoms with Crippen molar-refractivity contribution in [2.45, 2.75) is 26.4 Å². The molecule has 0 aliphatic carbocycles. The number of benzene rings is 2. The number of amides is 1. The molecule has 2 heterocycles. The largest absolute Gasteiger partial charge is 0.480 e. The van der Waals surface area contributed by atoms with Crippen LogP contribution in [-0.2, 0) is 11.2 Å². The first-order chi connectivity index (χ1) is 14.5. The highest BCUT2D eigenvalue weighted by atomic mass is 32.1. The highest BCUT2D eigenvalue weighted by Crippen LogP contribution is 2.34. The maximum absolute atomic E-state index is 12.5. The van der Waals surface area contributed by atoms with Crippen molar-refractivity contribution >= 4 is 22.4 Å². The zero-order valence-electron chi connectivity index (χ0n) is 16.5. The molecule has 4 rings (SSSR count). The van der Waals surface area contributed by atoms with Gasteiger partial charge in [0.1, 0.15) is 11.8 Å². The molecule has 1 aromatic heterocycles. The molecular formula is C22H19N3O4S. The molecule has 1 amide bonds. The lowest BCUT2D eigenvalue weighted by molar-refractivity contribution is -0.122. The summed E-state index contributed by atoms with van der Waals surface area (Å²) in [6, 6.07) is 14.7. The van der Waals surface area contributed by atoms with Crippen molar-refractivity contribution in [1.82, 2.24) is 4.98 Å². The van der Waals surface area contributed by atoms with Crippen molar-refractivity contribution in [2.24, 2.45) is 0 Å². The number of carbonyl (C=O) groups is 1. The fourth-order valence-electron chi connectivity index (χ4n) is 2.99. The van der Waals surface area contributed by atoms with Crippen LogP contribution in [0.15, 0.2) is 42.5 Å². The zero-order chi connectivity index (χ0) is 21.1. The fourth-order valence-corrected chi connectivity index (χ4v) is 3.99. The lowest BCUT2D eigenvalue weighted by Crippen LogP contribution is -2.30. The van der Waals surface area contributed by atoms with E-state index >= 15 is 0 Å². The third-order valence-corrected chi connectivity index (χ3v) is 5.68. The molecule has 1 unspecified atom stereocenters. The number of nitrogens with zero attached hydrogens (tertiary/aromatic N) is 2. The van der Waals surface area contributed by atoms with Crippen LogP contribution in [0.3, 0.4) is 0 Å². The van der Waals surface area contributed by atoms with Gasteiger partial charge in [0, 0.05) is 11.3 Å². The molecule has 30 heavy (non-hydrogen) atoms. The number of thiazole rings is 1. The molecule has 0 radical (unpaired) electrons. The number of hydrogen-bond donors (Lipinski definition) is 1. The van der Waals surface area contributed by atoms with Crippen LogP contribution in [0.1, 0.15) is 28.6 Å². The highest BCUT2D eigenvalue weighted by Gasteiger charge is 2.19. The molecule has 1 aliphatic heterocycles. The Kier molecular flexibility index (Phi) is 5.55. The second-order valence-corrected chi connectivity index (χ2v) is 7.83. The van der Waals surface area contributed by atoms with E-state index in [4.69, 9.17) is 19.5 Å². The quantitative estimate of drug-likeness (QED) is 0.645. The second-order valence-electron chi connectivity index (χ2n) is 6.75. The van der Waals surface area contributed by atoms with E-state index in [1.807, 2.05) is 25.1 Å². The van der Waals surface area contributed by atoms with Crippen LogP contribution in [0.25, 0.3) is 0 Å². The molecular weight excluding hydrogens is 402 g/mol. The van der Waals surface area contributed by atoms with Gasteiger partial charge in [-0.25, -0.2) is 4.98 Å². The molecule has 0 spiro atoms. The molecule has 1 aliphatic rings. The van der Waals surface area contributed by atoms with E-state index in [0.717, 1.165) is 27.6 Å². The number of ether oxygens (including phenoxy) is 3. The first-order valence-electron chi connectivity index (χ1n) is 9.35. The number of aromatic nitrogens is 1. The number of hydrogen-bond acceptors (Lipinski definition) is 7. The van der Waals surface area contributed by atoms with Crippen LogP contribution in [0, 0.1) is 18.3 Å². The Morgan fingerprint density at radius 3 is 2.93 bits per heavy atom. The number of carbonyl (C=O) groups excluding carboxylic acids is 1. The van der Waals surface area contributed by atoms with Gasteiger partial charge in [-0.2, -0.15) is 5.26 Å². The Bertz CT molecular complexity index is 1140. The molecule has 0 fully saturated rings. The lowest BCUT2D eigenvalue weighted by atomic mass is 10.1. The van der Waals surface area contributed by atoms with E-state index in [2.05, 4.69) is 16.4 Å². The summed E-state index contributed by atoms with van der Waals surface area (Å²) in [5, 5.41) is 12.5. The standard InChI is InChI=1S/C22H19N3O4S/c1-13-20(10-15-7-8-18-19(9-15)28-12-27-18)30-22(24-13)25-21(26)14(2)29-17-6-4-3-5-16(17)11-23/h3-9,14H,10,12H2,1-2H3,(H,24,25,26). The van der Waals surface area contributed by atoms with Gasteiger partial charge in [0.25, 0.3) is 5.91 Å². The molecule has 1 atom stereocenters. The lowest BCUT2D eigenvalue weighted by Gasteiger charge is -2.14. The molecule has 8 heteroatoms. The second kappa shape index (κ2) is 8.43. The number of anilines is 1. The Labute approximate surface area is 177 Å². The van der Waals surface area contributed by atoms with Gasteiger partial charge in [0.15, 0.2) is 22.7 Å². The summed E-state index contributed by atoms with van der Waals surface area (Å²) in [6.07, 6.45) is -0.0987. The van der Waals surface area contributed by atoms with Crippen molar-refractivity contribution in [3.8, 4) is 23.3 Å². The predicted octanol–water partition coefficient (Wildman–Crippen LogP) is 4.05. The average Bonchev–Trinajstić information content (AvgIpc) is 3.34. The van der Waals surface area contributed by atoms with Crippen molar-refractivity contribution in [3.05, 3.63) is 64.2 Å². The van der Waals surface area contributed by atoms with E-state index in [0.29, 0.717) is 22.9 Å². The Hall–Kier alpha value is -3.57. The van der Waals surface area contributed by atoms with Gasteiger partial charge in [-0.15, -0.1) is 11.3 Å². The Balaban J connectivity index is 1.41. The third kappa shape index (κ3) is 4.21. The van der Waals surface area contributed by atoms with Crippen LogP contribution < -0.4 is 19.5 Å². The molecule has 1 N–H and O–H groups in total. The number of aryl methyl sites for hydroxylation is 1. The van der Waals surface area contributed by atoms with Crippen LogP contribution in [0.4, 0.5) is 5.13 Å². The van der Waals surface area contributed by atoms with E-state index < -0.39 is 6.10 Å². The molecule has 0 saturated heterocycles. The normalized spacial score (nSPS) is 12.8. The van der Waals surface area contributed by atoms with Gasteiger partial charge in [0.05, 0.1) is 11.3 Å². The molecule has 2 aromatic carbocycles. The summed E-state index contributed by atoms with van der Waals surface area (Å²) in [5.41, 5.74) is 2.32. The molecule has 3 aromatic rings. The van der Waals surface area contributed by atoms with Crippen molar-refractivity contribution in [2.75, 3.05) is 12.1 Å². The van der Waals surface area contributed by atoms with Crippen LogP contribution >= 0.6 is 11.3 Å². The summed E-state index contributed by atoms with van der Waals surface area (Å²) in [5.74, 6) is 1.54. The summed E-state index contributed by atoms with van der Waals surface area (Å²) < 4.78 is 16.4. The van der Waals surface area contributed by atoms with E-state index in [1.165, 1.54) is 11.3 Å². The summed E-state index contributed by atoms with van der Waals surface area (Å²) in [6.45, 7) is 3.79. The minimum absolute atomic E-state index is 0.244. The van der Waals surface area contributed by atoms with Crippen molar-refractivity contribution < 1.29 is 19.0 Å². The van der Waals surface area contributed by atoms with Gasteiger partial charge in [-0.3, -0.25) is 10.1 Å².